The van der Waals surface area contributed by atoms with Crippen LogP contribution in [0.2, 0.25) is 10.0 Å². The summed E-state index contributed by atoms with van der Waals surface area (Å²) in [5, 5.41) is 27.1. The first-order valence-electron chi connectivity index (χ1n) is 8.70. The van der Waals surface area contributed by atoms with Crippen LogP contribution in [0.3, 0.4) is 0 Å². The summed E-state index contributed by atoms with van der Waals surface area (Å²) in [6, 6.07) is 9.62. The second-order valence-electron chi connectivity index (χ2n) is 6.22. The average Bonchev–Trinajstić information content (AvgIpc) is 3.18. The summed E-state index contributed by atoms with van der Waals surface area (Å²) in [7, 11) is 0. The van der Waals surface area contributed by atoms with Gasteiger partial charge in [-0.05, 0) is 24.3 Å². The minimum atomic E-state index is -1.17. The van der Waals surface area contributed by atoms with Gasteiger partial charge in [-0.3, -0.25) is 19.6 Å². The van der Waals surface area contributed by atoms with Crippen LogP contribution in [-0.2, 0) is 11.3 Å². The molecule has 1 heterocycles. The number of nitro benzene ring substituents is 1. The fourth-order valence-corrected chi connectivity index (χ4v) is 2.99. The van der Waals surface area contributed by atoms with Gasteiger partial charge in [0.05, 0.1) is 21.7 Å². The number of benzene rings is 2. The predicted octanol–water partition coefficient (Wildman–Crippen LogP) is 4.62. The molecule has 0 radical (unpaired) electrons. The molecule has 2 N–H and O–H groups in total. The number of rotatable bonds is 8. The second-order valence-corrected chi connectivity index (χ2v) is 7.06. The first-order valence-corrected chi connectivity index (χ1v) is 9.46. The van der Waals surface area contributed by atoms with Crippen molar-refractivity contribution >= 4 is 46.5 Å². The molecule has 160 valence electrons. The third kappa shape index (κ3) is 5.93. The summed E-state index contributed by atoms with van der Waals surface area (Å²) in [5.41, 5.74) is -0.288. The fraction of sp³-hybridized carbons (Fsp3) is 0.105. The van der Waals surface area contributed by atoms with E-state index in [9.17, 15) is 19.7 Å². The van der Waals surface area contributed by atoms with E-state index >= 15 is 0 Å². The number of non-ortho nitro benzene ring substituents is 1. The molecule has 31 heavy (non-hydrogen) atoms. The number of nitrogens with one attached hydrogen (secondary N) is 1. The normalized spacial score (nSPS) is 10.5. The first-order chi connectivity index (χ1) is 14.7. The van der Waals surface area contributed by atoms with E-state index in [0.717, 1.165) is 0 Å². The third-order valence-electron chi connectivity index (χ3n) is 3.94. The van der Waals surface area contributed by atoms with Crippen LogP contribution in [0.4, 0.5) is 11.4 Å². The van der Waals surface area contributed by atoms with Crippen molar-refractivity contribution < 1.29 is 24.4 Å². The summed E-state index contributed by atoms with van der Waals surface area (Å²) < 4.78 is 6.93. The van der Waals surface area contributed by atoms with Crippen LogP contribution in [0.1, 0.15) is 16.9 Å². The smallest absolute Gasteiger partial charge is 0.356 e. The number of halogens is 2. The van der Waals surface area contributed by atoms with E-state index < -0.39 is 16.8 Å². The highest BCUT2D eigenvalue weighted by molar-refractivity contribution is 6.35. The number of aromatic nitrogens is 2. The van der Waals surface area contributed by atoms with Gasteiger partial charge in [0, 0.05) is 36.3 Å². The Morgan fingerprint density at radius 1 is 1.19 bits per heavy atom. The lowest BCUT2D eigenvalue weighted by Gasteiger charge is -2.11. The molecule has 12 heteroatoms. The molecule has 0 aliphatic heterocycles. The number of nitrogens with zero attached hydrogens (tertiary/aromatic N) is 3. The zero-order chi connectivity index (χ0) is 22.5. The van der Waals surface area contributed by atoms with Crippen molar-refractivity contribution in [3.63, 3.8) is 0 Å². The maximum Gasteiger partial charge on any atom is 0.356 e. The highest BCUT2D eigenvalue weighted by Gasteiger charge is 2.15. The van der Waals surface area contributed by atoms with Gasteiger partial charge < -0.3 is 15.2 Å². The summed E-state index contributed by atoms with van der Waals surface area (Å²) in [4.78, 5) is 33.7. The molecule has 0 spiro atoms. The average molecular weight is 465 g/mol. The lowest BCUT2D eigenvalue weighted by Crippen LogP contribution is -2.15. The largest absolute Gasteiger partial charge is 0.476 e. The molecule has 1 aromatic heterocycles. The summed E-state index contributed by atoms with van der Waals surface area (Å²) in [6.45, 7) is 0.123. The lowest BCUT2D eigenvalue weighted by atomic mass is 10.2. The van der Waals surface area contributed by atoms with E-state index in [1.807, 2.05) is 0 Å². The number of carbonyl (C=O) groups is 2. The van der Waals surface area contributed by atoms with Gasteiger partial charge in [0.25, 0.3) is 5.69 Å². The van der Waals surface area contributed by atoms with E-state index in [-0.39, 0.29) is 46.6 Å². The van der Waals surface area contributed by atoms with E-state index in [0.29, 0.717) is 5.02 Å². The molecule has 3 aromatic rings. The maximum absolute atomic E-state index is 12.3. The quantitative estimate of drug-likeness (QED) is 0.366. The molecule has 3 rings (SSSR count). The number of carbonyl (C=O) groups excluding carboxylic acids is 1. The van der Waals surface area contributed by atoms with Crippen LogP contribution >= 0.6 is 23.2 Å². The highest BCUT2D eigenvalue weighted by Crippen LogP contribution is 2.34. The number of carboxylic acids is 1. The van der Waals surface area contributed by atoms with Crippen molar-refractivity contribution in [1.82, 2.24) is 9.78 Å². The number of hydrogen-bond donors (Lipinski definition) is 2. The highest BCUT2D eigenvalue weighted by atomic mass is 35.5. The van der Waals surface area contributed by atoms with E-state index in [1.165, 1.54) is 47.3 Å². The Kier molecular flexibility index (Phi) is 6.73. The predicted molar refractivity (Wildman–Crippen MR) is 112 cm³/mol. The van der Waals surface area contributed by atoms with E-state index in [4.69, 9.17) is 33.0 Å². The van der Waals surface area contributed by atoms with Crippen LogP contribution in [0.5, 0.6) is 11.5 Å². The number of hydrogen-bond acceptors (Lipinski definition) is 6. The van der Waals surface area contributed by atoms with Gasteiger partial charge in [-0.1, -0.05) is 23.2 Å². The van der Waals surface area contributed by atoms with Gasteiger partial charge in [0.15, 0.2) is 5.69 Å². The standard InChI is InChI=1S/C19H14Cl2N4O6/c20-11-1-2-17(15(21)7-11)31-14-9-12(8-13(10-14)25(29)30)22-18(26)4-6-24-5-3-16(23-24)19(27)28/h1-3,5,7-10H,4,6H2,(H,22,26)(H,27,28). The topological polar surface area (TPSA) is 137 Å². The van der Waals surface area contributed by atoms with Crippen LogP contribution in [-0.4, -0.2) is 31.7 Å². The molecular formula is C19H14Cl2N4O6. The number of amides is 1. The fourth-order valence-electron chi connectivity index (χ4n) is 2.54. The van der Waals surface area contributed by atoms with Crippen molar-refractivity contribution in [2.45, 2.75) is 13.0 Å². The number of carboxylic acid groups (broad SMARTS) is 1. The molecule has 0 fully saturated rings. The molecule has 0 saturated heterocycles. The van der Waals surface area contributed by atoms with Gasteiger partial charge in [-0.25, -0.2) is 4.79 Å². The number of anilines is 1. The van der Waals surface area contributed by atoms with Gasteiger partial charge >= 0.3 is 5.97 Å². The molecule has 0 aliphatic rings. The van der Waals surface area contributed by atoms with Crippen molar-refractivity contribution in [3.05, 3.63) is 74.5 Å². The van der Waals surface area contributed by atoms with Gasteiger partial charge in [-0.15, -0.1) is 0 Å². The SMILES string of the molecule is O=C(CCn1ccc(C(=O)O)n1)Nc1cc(Oc2ccc(Cl)cc2Cl)cc([N+](=O)[O-])c1. The first kappa shape index (κ1) is 22.1. The second kappa shape index (κ2) is 9.45. The van der Waals surface area contributed by atoms with Crippen LogP contribution < -0.4 is 10.1 Å². The van der Waals surface area contributed by atoms with Gasteiger partial charge in [0.1, 0.15) is 11.5 Å². The van der Waals surface area contributed by atoms with Crippen molar-refractivity contribution in [2.24, 2.45) is 0 Å². The number of aryl methyl sites for hydroxylation is 1. The zero-order valence-electron chi connectivity index (χ0n) is 15.6. The third-order valence-corrected chi connectivity index (χ3v) is 4.47. The minimum Gasteiger partial charge on any atom is -0.476 e. The van der Waals surface area contributed by atoms with Crippen molar-refractivity contribution in [2.75, 3.05) is 5.32 Å². The molecule has 2 aromatic carbocycles. The van der Waals surface area contributed by atoms with Crippen LogP contribution in [0, 0.1) is 10.1 Å². The van der Waals surface area contributed by atoms with Crippen LogP contribution in [0.25, 0.3) is 0 Å². The van der Waals surface area contributed by atoms with Gasteiger partial charge in [-0.2, -0.15) is 5.10 Å². The monoisotopic (exact) mass is 464 g/mol. The Labute approximate surface area is 185 Å². The molecule has 0 saturated carbocycles. The molecule has 0 atom stereocenters. The summed E-state index contributed by atoms with van der Waals surface area (Å²) in [6.07, 6.45) is 1.40. The van der Waals surface area contributed by atoms with Crippen molar-refractivity contribution in [1.29, 1.82) is 0 Å². The molecule has 0 unspecified atom stereocenters. The number of ether oxygens (including phenoxy) is 1. The minimum absolute atomic E-state index is 0.0391. The van der Waals surface area contributed by atoms with Crippen LogP contribution in [0.15, 0.2) is 48.7 Å². The van der Waals surface area contributed by atoms with Crippen molar-refractivity contribution in [3.8, 4) is 11.5 Å². The van der Waals surface area contributed by atoms with E-state index in [2.05, 4.69) is 10.4 Å². The summed E-state index contributed by atoms with van der Waals surface area (Å²) >= 11 is 11.9. The van der Waals surface area contributed by atoms with Gasteiger partial charge in [0.2, 0.25) is 5.91 Å². The molecule has 1 amide bonds. The Morgan fingerprint density at radius 2 is 1.97 bits per heavy atom. The number of nitro groups is 1. The maximum atomic E-state index is 12.3. The molecule has 0 bridgehead atoms. The number of aromatic carboxylic acids is 1. The molecular weight excluding hydrogens is 451 g/mol. The Hall–Kier alpha value is -3.63. The molecule has 0 aliphatic carbocycles. The zero-order valence-corrected chi connectivity index (χ0v) is 17.1. The lowest BCUT2D eigenvalue weighted by molar-refractivity contribution is -0.384. The Balaban J connectivity index is 1.72. The Bertz CT molecular complexity index is 1160. The Morgan fingerprint density at radius 3 is 2.61 bits per heavy atom. The van der Waals surface area contributed by atoms with E-state index in [1.54, 1.807) is 6.07 Å². The summed E-state index contributed by atoms with van der Waals surface area (Å²) in [5.74, 6) is -1.31. The molecule has 10 nitrogen and oxygen atoms in total.